The van der Waals surface area contributed by atoms with Gasteiger partial charge in [-0.25, -0.2) is 22.0 Å². The van der Waals surface area contributed by atoms with Crippen LogP contribution in [-0.4, -0.2) is 8.42 Å². The molecule has 4 aromatic carbocycles. The van der Waals surface area contributed by atoms with Crippen molar-refractivity contribution >= 4 is 21.0 Å². The Morgan fingerprint density at radius 2 is 0.912 bits per heavy atom. The maximum Gasteiger partial charge on any atom is 0.345 e. The molecular formula is C24H14F5O3S2+. The van der Waals surface area contributed by atoms with Crippen LogP contribution in [0.25, 0.3) is 0 Å². The molecule has 0 saturated heterocycles. The first-order chi connectivity index (χ1) is 16.2. The lowest BCUT2D eigenvalue weighted by Crippen LogP contribution is -2.17. The molecule has 0 unspecified atom stereocenters. The highest BCUT2D eigenvalue weighted by atomic mass is 32.2. The molecule has 0 heterocycles. The van der Waals surface area contributed by atoms with Crippen LogP contribution in [0.4, 0.5) is 22.0 Å². The Kier molecular flexibility index (Phi) is 6.63. The third-order valence-corrected chi connectivity index (χ3v) is 8.14. The summed E-state index contributed by atoms with van der Waals surface area (Å²) in [6, 6.07) is 24.6. The van der Waals surface area contributed by atoms with Gasteiger partial charge in [0, 0.05) is 0 Å². The van der Waals surface area contributed by atoms with Crippen LogP contribution in [0.2, 0.25) is 0 Å². The molecule has 0 amide bonds. The van der Waals surface area contributed by atoms with Crippen molar-refractivity contribution in [3.63, 3.8) is 0 Å². The first-order valence-electron chi connectivity index (χ1n) is 9.61. The Morgan fingerprint density at radius 3 is 1.35 bits per heavy atom. The highest BCUT2D eigenvalue weighted by Gasteiger charge is 2.35. The van der Waals surface area contributed by atoms with Gasteiger partial charge >= 0.3 is 10.1 Å². The minimum Gasteiger partial charge on any atom is -0.379 e. The summed E-state index contributed by atoms with van der Waals surface area (Å²) in [5, 5.41) is 0. The zero-order valence-corrected chi connectivity index (χ0v) is 18.6. The second-order valence-corrected chi connectivity index (χ2v) is 10.3. The average molecular weight is 509 g/mol. The minimum atomic E-state index is -5.37. The predicted octanol–water partition coefficient (Wildman–Crippen LogP) is 6.25. The molecular weight excluding hydrogens is 495 g/mol. The van der Waals surface area contributed by atoms with Crippen LogP contribution in [0.5, 0.6) is 5.75 Å². The summed E-state index contributed by atoms with van der Waals surface area (Å²) in [7, 11) is -5.93. The third kappa shape index (κ3) is 4.51. The van der Waals surface area contributed by atoms with Gasteiger partial charge in [-0.3, -0.25) is 0 Å². The second-order valence-electron chi connectivity index (χ2n) is 6.84. The molecule has 0 aliphatic carbocycles. The standard InChI is InChI=1S/C24H14F5O3S2/c25-19-20(26)22(28)24(23(29)21(19)27)34(30,31)32-15-11-13-18(14-12-15)33(16-7-3-1-4-8-16)17-9-5-2-6-10-17/h1-14H/q+1. The van der Waals surface area contributed by atoms with Crippen molar-refractivity contribution in [1.82, 2.24) is 0 Å². The summed E-state index contributed by atoms with van der Waals surface area (Å²) in [6.45, 7) is 0. The van der Waals surface area contributed by atoms with Gasteiger partial charge in [-0.1, -0.05) is 36.4 Å². The largest absolute Gasteiger partial charge is 0.379 e. The van der Waals surface area contributed by atoms with E-state index in [1.165, 1.54) is 12.1 Å². The summed E-state index contributed by atoms with van der Waals surface area (Å²) in [4.78, 5) is 0.687. The van der Waals surface area contributed by atoms with Gasteiger partial charge in [0.05, 0.1) is 10.9 Å². The molecule has 0 aromatic heterocycles. The van der Waals surface area contributed by atoms with Gasteiger partial charge in [-0.15, -0.1) is 0 Å². The molecule has 174 valence electrons. The Bertz CT molecular complexity index is 1360. The predicted molar refractivity (Wildman–Crippen MR) is 116 cm³/mol. The molecule has 0 spiro atoms. The van der Waals surface area contributed by atoms with Crippen LogP contribution in [0.3, 0.4) is 0 Å². The lowest BCUT2D eigenvalue weighted by Gasteiger charge is -2.11. The molecule has 0 saturated carbocycles. The van der Waals surface area contributed by atoms with Crippen LogP contribution < -0.4 is 4.18 Å². The highest BCUT2D eigenvalue weighted by Crippen LogP contribution is 2.33. The van der Waals surface area contributed by atoms with E-state index >= 15 is 0 Å². The smallest absolute Gasteiger partial charge is 0.345 e. The van der Waals surface area contributed by atoms with Gasteiger partial charge in [-0.2, -0.15) is 8.42 Å². The van der Waals surface area contributed by atoms with E-state index in [1.807, 2.05) is 60.7 Å². The maximum atomic E-state index is 14.0. The van der Waals surface area contributed by atoms with E-state index < -0.39 is 55.0 Å². The average Bonchev–Trinajstić information content (AvgIpc) is 2.84. The number of hydrogen-bond acceptors (Lipinski definition) is 3. The van der Waals surface area contributed by atoms with Gasteiger partial charge < -0.3 is 4.18 Å². The summed E-state index contributed by atoms with van der Waals surface area (Å²) >= 11 is 0. The van der Waals surface area contributed by atoms with Crippen LogP contribution in [0.1, 0.15) is 0 Å². The molecule has 4 aromatic rings. The molecule has 10 heteroatoms. The van der Waals surface area contributed by atoms with E-state index in [2.05, 4.69) is 4.18 Å². The normalized spacial score (nSPS) is 11.6. The SMILES string of the molecule is O=S(=O)(Oc1ccc([S+](c2ccccc2)c2ccccc2)cc1)c1c(F)c(F)c(F)c(F)c1F. The van der Waals surface area contributed by atoms with Crippen LogP contribution in [-0.2, 0) is 21.0 Å². The summed E-state index contributed by atoms with van der Waals surface area (Å²) < 4.78 is 97.5. The van der Waals surface area contributed by atoms with Crippen molar-refractivity contribution in [2.75, 3.05) is 0 Å². The Labute approximate surface area is 194 Å². The van der Waals surface area contributed by atoms with Crippen LogP contribution in [0, 0.1) is 29.1 Å². The first kappa shape index (κ1) is 23.8. The Morgan fingerprint density at radius 1 is 0.529 bits per heavy atom. The highest BCUT2D eigenvalue weighted by molar-refractivity contribution is 7.97. The zero-order chi connectivity index (χ0) is 24.5. The van der Waals surface area contributed by atoms with Crippen molar-refractivity contribution in [1.29, 1.82) is 0 Å². The molecule has 34 heavy (non-hydrogen) atoms. The molecule has 0 atom stereocenters. The molecule has 0 aliphatic heterocycles. The molecule has 3 nitrogen and oxygen atoms in total. The Balaban J connectivity index is 1.69. The van der Waals surface area contributed by atoms with Crippen molar-refractivity contribution < 1.29 is 34.6 Å². The van der Waals surface area contributed by atoms with Crippen LogP contribution in [0.15, 0.2) is 105 Å². The quantitative estimate of drug-likeness (QED) is 0.102. The lowest BCUT2D eigenvalue weighted by atomic mass is 10.3. The van der Waals surface area contributed by atoms with E-state index in [-0.39, 0.29) is 5.75 Å². The van der Waals surface area contributed by atoms with Gasteiger partial charge in [0.25, 0.3) is 0 Å². The molecule has 0 N–H and O–H groups in total. The first-order valence-corrected chi connectivity index (χ1v) is 12.2. The summed E-state index contributed by atoms with van der Waals surface area (Å²) in [5.74, 6) is -12.6. The molecule has 0 radical (unpaired) electrons. The van der Waals surface area contributed by atoms with Crippen molar-refractivity contribution in [3.05, 3.63) is 114 Å². The van der Waals surface area contributed by atoms with E-state index in [4.69, 9.17) is 0 Å². The van der Waals surface area contributed by atoms with Gasteiger partial charge in [0.1, 0.15) is 5.75 Å². The fourth-order valence-corrected chi connectivity index (χ4v) is 6.27. The molecule has 0 fully saturated rings. The van der Waals surface area contributed by atoms with Crippen molar-refractivity contribution in [3.8, 4) is 5.75 Å². The molecule has 0 bridgehead atoms. The van der Waals surface area contributed by atoms with Gasteiger partial charge in [-0.05, 0) is 48.5 Å². The number of halogens is 5. The summed E-state index contributed by atoms with van der Waals surface area (Å²) in [5.41, 5.74) is 0. The van der Waals surface area contributed by atoms with Crippen molar-refractivity contribution in [2.24, 2.45) is 0 Å². The number of rotatable bonds is 6. The van der Waals surface area contributed by atoms with E-state index in [0.29, 0.717) is 0 Å². The molecule has 0 aliphatic rings. The fourth-order valence-electron chi connectivity index (χ4n) is 3.13. The third-order valence-electron chi connectivity index (χ3n) is 4.64. The lowest BCUT2D eigenvalue weighted by molar-refractivity contribution is 0.352. The van der Waals surface area contributed by atoms with Gasteiger partial charge in [0.15, 0.2) is 42.9 Å². The number of benzene rings is 4. The Hall–Kier alpha value is -3.37. The summed E-state index contributed by atoms with van der Waals surface area (Å²) in [6.07, 6.45) is 0. The zero-order valence-electron chi connectivity index (χ0n) is 17.0. The fraction of sp³-hybridized carbons (Fsp3) is 0. The van der Waals surface area contributed by atoms with Crippen LogP contribution >= 0.6 is 0 Å². The topological polar surface area (TPSA) is 43.4 Å². The van der Waals surface area contributed by atoms with Crippen molar-refractivity contribution in [2.45, 2.75) is 19.6 Å². The van der Waals surface area contributed by atoms with E-state index in [0.717, 1.165) is 14.7 Å². The minimum absolute atomic E-state index is 0.364. The number of hydrogen-bond donors (Lipinski definition) is 0. The maximum absolute atomic E-state index is 14.0. The van der Waals surface area contributed by atoms with E-state index in [1.54, 1.807) is 12.1 Å². The van der Waals surface area contributed by atoms with Gasteiger partial charge in [0.2, 0.25) is 5.82 Å². The van der Waals surface area contributed by atoms with E-state index in [9.17, 15) is 30.4 Å². The second kappa shape index (κ2) is 9.47. The molecule has 4 rings (SSSR count). The monoisotopic (exact) mass is 509 g/mol.